The van der Waals surface area contributed by atoms with Gasteiger partial charge in [-0.2, -0.15) is 0 Å². The van der Waals surface area contributed by atoms with Crippen molar-refractivity contribution in [2.75, 3.05) is 13.7 Å². The van der Waals surface area contributed by atoms with Gasteiger partial charge in [-0.05, 0) is 44.9 Å². The van der Waals surface area contributed by atoms with Crippen LogP contribution >= 0.6 is 0 Å². The first-order valence-corrected chi connectivity index (χ1v) is 6.36. The summed E-state index contributed by atoms with van der Waals surface area (Å²) in [5.74, 6) is -0.213. The van der Waals surface area contributed by atoms with Crippen LogP contribution in [0.3, 0.4) is 0 Å². The third-order valence-electron chi connectivity index (χ3n) is 3.06. The van der Waals surface area contributed by atoms with E-state index in [1.165, 1.54) is 7.11 Å². The lowest BCUT2D eigenvalue weighted by Gasteiger charge is -2.23. The second kappa shape index (κ2) is 6.41. The number of aryl methyl sites for hydroxylation is 1. The van der Waals surface area contributed by atoms with Crippen molar-refractivity contribution >= 4 is 11.9 Å². The lowest BCUT2D eigenvalue weighted by atomic mass is 10.1. The molecule has 0 aliphatic carbocycles. The van der Waals surface area contributed by atoms with Crippen LogP contribution in [0.5, 0.6) is 5.75 Å². The molecule has 0 saturated carbocycles. The van der Waals surface area contributed by atoms with Crippen molar-refractivity contribution in [2.45, 2.75) is 33.2 Å². The highest BCUT2D eigenvalue weighted by Crippen LogP contribution is 2.20. The Hall–Kier alpha value is -2.04. The van der Waals surface area contributed by atoms with Crippen molar-refractivity contribution < 1.29 is 19.1 Å². The minimum Gasteiger partial charge on any atom is -0.483 e. The van der Waals surface area contributed by atoms with Gasteiger partial charge in [-0.25, -0.2) is 4.79 Å². The topological polar surface area (TPSA) is 64.6 Å². The fourth-order valence-electron chi connectivity index (χ4n) is 1.71. The molecule has 0 saturated heterocycles. The molecule has 20 heavy (non-hydrogen) atoms. The summed E-state index contributed by atoms with van der Waals surface area (Å²) >= 11 is 0. The predicted molar refractivity (Wildman–Crippen MR) is 75.6 cm³/mol. The van der Waals surface area contributed by atoms with Crippen molar-refractivity contribution in [3.8, 4) is 5.75 Å². The molecule has 0 aromatic heterocycles. The van der Waals surface area contributed by atoms with Crippen molar-refractivity contribution in [3.05, 3.63) is 29.3 Å². The van der Waals surface area contributed by atoms with Crippen LogP contribution in [-0.2, 0) is 14.3 Å². The van der Waals surface area contributed by atoms with Gasteiger partial charge in [0.05, 0.1) is 7.11 Å². The molecule has 0 unspecified atom stereocenters. The minimum atomic E-state index is -1.07. The second-order valence-electron chi connectivity index (χ2n) is 5.15. The number of rotatable bonds is 5. The molecule has 5 nitrogen and oxygen atoms in total. The summed E-state index contributed by atoms with van der Waals surface area (Å²) in [5.41, 5.74) is 1.02. The van der Waals surface area contributed by atoms with Crippen molar-refractivity contribution in [1.29, 1.82) is 0 Å². The Balaban J connectivity index is 2.60. The number of carbonyl (C=O) groups is 2. The van der Waals surface area contributed by atoms with E-state index in [4.69, 9.17) is 4.74 Å². The molecular weight excluding hydrogens is 258 g/mol. The van der Waals surface area contributed by atoms with E-state index < -0.39 is 11.5 Å². The maximum atomic E-state index is 11.8. The van der Waals surface area contributed by atoms with Gasteiger partial charge in [0.1, 0.15) is 11.3 Å². The van der Waals surface area contributed by atoms with Crippen LogP contribution in [0.4, 0.5) is 0 Å². The molecule has 0 radical (unpaired) electrons. The Labute approximate surface area is 119 Å². The minimum absolute atomic E-state index is 0.148. The number of benzene rings is 1. The van der Waals surface area contributed by atoms with Crippen LogP contribution in [0.1, 0.15) is 25.0 Å². The van der Waals surface area contributed by atoms with Crippen molar-refractivity contribution in [1.82, 2.24) is 5.32 Å². The molecule has 1 aromatic carbocycles. The van der Waals surface area contributed by atoms with Gasteiger partial charge in [0, 0.05) is 0 Å². The normalized spacial score (nSPS) is 10.8. The average Bonchev–Trinajstić information content (AvgIpc) is 2.39. The predicted octanol–water partition coefficient (Wildman–Crippen LogP) is 1.75. The summed E-state index contributed by atoms with van der Waals surface area (Å²) in [6.07, 6.45) is 0. The van der Waals surface area contributed by atoms with Gasteiger partial charge in [-0.15, -0.1) is 0 Å². The molecule has 0 atom stereocenters. The molecule has 0 bridgehead atoms. The first-order valence-electron chi connectivity index (χ1n) is 6.36. The molecule has 0 fully saturated rings. The Morgan fingerprint density at radius 1 is 1.25 bits per heavy atom. The van der Waals surface area contributed by atoms with E-state index in [1.54, 1.807) is 19.9 Å². The number of nitrogens with one attached hydrogen (secondary N) is 1. The molecule has 0 spiro atoms. The number of carbonyl (C=O) groups excluding carboxylic acids is 2. The Bertz CT molecular complexity index is 509. The summed E-state index contributed by atoms with van der Waals surface area (Å²) in [6, 6.07) is 5.65. The number of esters is 1. The largest absolute Gasteiger partial charge is 0.483 e. The van der Waals surface area contributed by atoms with E-state index in [-0.39, 0.29) is 12.5 Å². The molecule has 110 valence electrons. The molecular formula is C15H21NO4. The quantitative estimate of drug-likeness (QED) is 0.834. The van der Waals surface area contributed by atoms with Crippen LogP contribution < -0.4 is 10.1 Å². The van der Waals surface area contributed by atoms with E-state index in [2.05, 4.69) is 10.1 Å². The van der Waals surface area contributed by atoms with Gasteiger partial charge in [0.2, 0.25) is 0 Å². The zero-order chi connectivity index (χ0) is 15.3. The smallest absolute Gasteiger partial charge is 0.330 e. The van der Waals surface area contributed by atoms with Gasteiger partial charge in [-0.1, -0.05) is 12.1 Å². The number of ether oxygens (including phenoxy) is 2. The van der Waals surface area contributed by atoms with Crippen molar-refractivity contribution in [3.63, 3.8) is 0 Å². The van der Waals surface area contributed by atoms with Gasteiger partial charge in [0.25, 0.3) is 5.91 Å². The molecule has 0 heterocycles. The molecule has 1 N–H and O–H groups in total. The fourth-order valence-corrected chi connectivity index (χ4v) is 1.71. The van der Waals surface area contributed by atoms with Gasteiger partial charge in [-0.3, -0.25) is 4.79 Å². The molecule has 1 amide bonds. The summed E-state index contributed by atoms with van der Waals surface area (Å²) in [7, 11) is 1.28. The summed E-state index contributed by atoms with van der Waals surface area (Å²) in [5, 5.41) is 2.57. The number of methoxy groups -OCH3 is 1. The molecule has 1 rings (SSSR count). The standard InChI is InChI=1S/C15H21NO4/c1-10-7-6-8-12(11(10)2)20-9-13(17)16-15(3,4)14(18)19-5/h6-8H,9H2,1-5H3,(H,16,17). The highest BCUT2D eigenvalue weighted by Gasteiger charge is 2.30. The SMILES string of the molecule is COC(=O)C(C)(C)NC(=O)COc1cccc(C)c1C. The molecule has 0 aliphatic rings. The highest BCUT2D eigenvalue weighted by atomic mass is 16.5. The zero-order valence-electron chi connectivity index (χ0n) is 12.6. The summed E-state index contributed by atoms with van der Waals surface area (Å²) in [6.45, 7) is 6.91. The Morgan fingerprint density at radius 2 is 1.90 bits per heavy atom. The van der Waals surface area contributed by atoms with Crippen LogP contribution in [0.2, 0.25) is 0 Å². The monoisotopic (exact) mass is 279 g/mol. The third-order valence-corrected chi connectivity index (χ3v) is 3.06. The van der Waals surface area contributed by atoms with Crippen LogP contribution in [-0.4, -0.2) is 31.1 Å². The van der Waals surface area contributed by atoms with E-state index in [0.29, 0.717) is 5.75 Å². The Morgan fingerprint density at radius 3 is 2.50 bits per heavy atom. The third kappa shape index (κ3) is 3.98. The number of hydrogen-bond acceptors (Lipinski definition) is 4. The lowest BCUT2D eigenvalue weighted by molar-refractivity contribution is -0.149. The second-order valence-corrected chi connectivity index (χ2v) is 5.15. The van der Waals surface area contributed by atoms with E-state index in [9.17, 15) is 9.59 Å². The van der Waals surface area contributed by atoms with E-state index in [0.717, 1.165) is 11.1 Å². The number of hydrogen-bond donors (Lipinski definition) is 1. The maximum absolute atomic E-state index is 11.8. The summed E-state index contributed by atoms with van der Waals surface area (Å²) in [4.78, 5) is 23.3. The summed E-state index contributed by atoms with van der Waals surface area (Å²) < 4.78 is 10.1. The molecule has 5 heteroatoms. The first-order chi connectivity index (χ1) is 9.27. The van der Waals surface area contributed by atoms with E-state index >= 15 is 0 Å². The average molecular weight is 279 g/mol. The van der Waals surface area contributed by atoms with Gasteiger partial charge >= 0.3 is 5.97 Å². The maximum Gasteiger partial charge on any atom is 0.330 e. The highest BCUT2D eigenvalue weighted by molar-refractivity contribution is 5.87. The zero-order valence-corrected chi connectivity index (χ0v) is 12.6. The van der Waals surface area contributed by atoms with Crippen LogP contribution in [0, 0.1) is 13.8 Å². The molecule has 1 aromatic rings. The Kier molecular flexibility index (Phi) is 5.13. The lowest BCUT2D eigenvalue weighted by Crippen LogP contribution is -2.51. The van der Waals surface area contributed by atoms with Crippen molar-refractivity contribution in [2.24, 2.45) is 0 Å². The van der Waals surface area contributed by atoms with E-state index in [1.807, 2.05) is 26.0 Å². The first kappa shape index (κ1) is 16.0. The van der Waals surface area contributed by atoms with Gasteiger partial charge in [0.15, 0.2) is 6.61 Å². The van der Waals surface area contributed by atoms with Crippen LogP contribution in [0.25, 0.3) is 0 Å². The fraction of sp³-hybridized carbons (Fsp3) is 0.467. The van der Waals surface area contributed by atoms with Gasteiger partial charge < -0.3 is 14.8 Å². The molecule has 0 aliphatic heterocycles. The number of amides is 1. The van der Waals surface area contributed by atoms with Crippen LogP contribution in [0.15, 0.2) is 18.2 Å².